The van der Waals surface area contributed by atoms with E-state index in [0.29, 0.717) is 24.5 Å². The van der Waals surface area contributed by atoms with Crippen LogP contribution in [0.25, 0.3) is 10.9 Å². The highest BCUT2D eigenvalue weighted by Gasteiger charge is 2.29. The van der Waals surface area contributed by atoms with Crippen LogP contribution in [0.4, 0.5) is 0 Å². The van der Waals surface area contributed by atoms with Gasteiger partial charge in [0.2, 0.25) is 5.88 Å². The Morgan fingerprint density at radius 1 is 1.10 bits per heavy atom. The Hall–Kier alpha value is -3.41. The summed E-state index contributed by atoms with van der Waals surface area (Å²) in [5.41, 5.74) is 3.90. The van der Waals surface area contributed by atoms with E-state index in [0.717, 1.165) is 34.0 Å². The molecule has 0 amide bonds. The van der Waals surface area contributed by atoms with Crippen LogP contribution in [0.3, 0.4) is 0 Å². The van der Waals surface area contributed by atoms with Crippen LogP contribution in [0.15, 0.2) is 48.5 Å². The third-order valence-electron chi connectivity index (χ3n) is 5.44. The molecule has 5 nitrogen and oxygen atoms in total. The van der Waals surface area contributed by atoms with Gasteiger partial charge in [0.15, 0.2) is 0 Å². The number of aryl methyl sites for hydroxylation is 1. The van der Waals surface area contributed by atoms with Crippen LogP contribution in [0.5, 0.6) is 5.88 Å². The highest BCUT2D eigenvalue weighted by Crippen LogP contribution is 2.29. The van der Waals surface area contributed by atoms with Crippen LogP contribution in [-0.2, 0) is 18.4 Å². The molecule has 1 atom stereocenters. The molecular weight excluding hydrogens is 372 g/mol. The molecule has 1 heterocycles. The van der Waals surface area contributed by atoms with Gasteiger partial charge in [0, 0.05) is 24.0 Å². The molecule has 0 aliphatic heterocycles. The third-order valence-corrected chi connectivity index (χ3v) is 5.44. The van der Waals surface area contributed by atoms with Gasteiger partial charge in [0.1, 0.15) is 0 Å². The number of methoxy groups -OCH3 is 1. The zero-order chi connectivity index (χ0) is 21.7. The Labute approximate surface area is 178 Å². The molecule has 152 valence electrons. The molecule has 1 unspecified atom stereocenters. The Morgan fingerprint density at radius 3 is 2.43 bits per heavy atom. The number of aromatic nitrogens is 1. The van der Waals surface area contributed by atoms with Crippen molar-refractivity contribution in [3.8, 4) is 18.0 Å². The molecule has 3 aromatic rings. The smallest absolute Gasteiger partial charge is 0.216 e. The van der Waals surface area contributed by atoms with Crippen molar-refractivity contribution in [3.05, 3.63) is 70.8 Å². The molecule has 0 saturated carbocycles. The van der Waals surface area contributed by atoms with E-state index >= 15 is 0 Å². The standard InChI is InChI=1S/C25H26N4O/c1-5-20-12-21-10-11-22(13-23(21)28-24(20)30-4)25(2,16-27)17-29(3)15-19-8-6-18(14-26)7-9-19/h6-13H,5,15,17H2,1-4H3. The van der Waals surface area contributed by atoms with Gasteiger partial charge in [-0.1, -0.05) is 31.2 Å². The van der Waals surface area contributed by atoms with Crippen LogP contribution in [-0.4, -0.2) is 30.6 Å². The monoisotopic (exact) mass is 398 g/mol. The predicted molar refractivity (Wildman–Crippen MR) is 118 cm³/mol. The highest BCUT2D eigenvalue weighted by atomic mass is 16.5. The van der Waals surface area contributed by atoms with Crippen LogP contribution in [0.1, 0.15) is 36.1 Å². The van der Waals surface area contributed by atoms with Gasteiger partial charge < -0.3 is 9.64 Å². The van der Waals surface area contributed by atoms with Crippen molar-refractivity contribution >= 4 is 10.9 Å². The molecule has 5 heteroatoms. The minimum Gasteiger partial charge on any atom is -0.481 e. The minimum absolute atomic E-state index is 0.569. The Balaban J connectivity index is 1.86. The number of hydrogen-bond acceptors (Lipinski definition) is 5. The largest absolute Gasteiger partial charge is 0.481 e. The zero-order valence-corrected chi connectivity index (χ0v) is 17.9. The van der Waals surface area contributed by atoms with Crippen LogP contribution < -0.4 is 4.74 Å². The summed E-state index contributed by atoms with van der Waals surface area (Å²) < 4.78 is 5.44. The first-order chi connectivity index (χ1) is 14.4. The van der Waals surface area contributed by atoms with E-state index in [2.05, 4.69) is 35.0 Å². The third kappa shape index (κ3) is 4.43. The van der Waals surface area contributed by atoms with Crippen LogP contribution in [0, 0.1) is 22.7 Å². The molecule has 0 aliphatic carbocycles. The molecule has 0 saturated heterocycles. The summed E-state index contributed by atoms with van der Waals surface area (Å²) in [4.78, 5) is 6.79. The SMILES string of the molecule is CCc1cc2ccc(C(C)(C#N)CN(C)Cc3ccc(C#N)cc3)cc2nc1OC. The van der Waals surface area contributed by atoms with E-state index in [1.807, 2.05) is 56.4 Å². The number of nitriles is 2. The topological polar surface area (TPSA) is 72.9 Å². The quantitative estimate of drug-likeness (QED) is 0.582. The van der Waals surface area contributed by atoms with Gasteiger partial charge in [-0.2, -0.15) is 10.5 Å². The molecule has 2 aromatic carbocycles. The van der Waals surface area contributed by atoms with Gasteiger partial charge in [-0.3, -0.25) is 0 Å². The van der Waals surface area contributed by atoms with E-state index in [9.17, 15) is 5.26 Å². The van der Waals surface area contributed by atoms with Gasteiger partial charge in [0.05, 0.1) is 35.7 Å². The maximum atomic E-state index is 10.0. The Morgan fingerprint density at radius 2 is 1.83 bits per heavy atom. The predicted octanol–water partition coefficient (Wildman–Crippen LogP) is 4.59. The molecular formula is C25H26N4O. The Bertz CT molecular complexity index is 1120. The number of pyridine rings is 1. The first-order valence-corrected chi connectivity index (χ1v) is 9.99. The lowest BCUT2D eigenvalue weighted by atomic mass is 9.83. The lowest BCUT2D eigenvalue weighted by molar-refractivity contribution is 0.281. The van der Waals surface area contributed by atoms with E-state index in [1.54, 1.807) is 7.11 Å². The van der Waals surface area contributed by atoms with Crippen molar-refractivity contribution in [2.24, 2.45) is 0 Å². The lowest BCUT2D eigenvalue weighted by Gasteiger charge is -2.28. The van der Waals surface area contributed by atoms with Crippen molar-refractivity contribution in [1.29, 1.82) is 10.5 Å². The lowest BCUT2D eigenvalue weighted by Crippen LogP contribution is -2.35. The molecule has 1 aromatic heterocycles. The highest BCUT2D eigenvalue weighted by molar-refractivity contribution is 5.81. The van der Waals surface area contributed by atoms with Crippen molar-refractivity contribution in [1.82, 2.24) is 9.88 Å². The number of fused-ring (bicyclic) bond motifs is 1. The summed E-state index contributed by atoms with van der Waals surface area (Å²) in [6.45, 7) is 5.30. The van der Waals surface area contributed by atoms with Gasteiger partial charge >= 0.3 is 0 Å². The van der Waals surface area contributed by atoms with Crippen molar-refractivity contribution in [2.45, 2.75) is 32.2 Å². The minimum atomic E-state index is -0.687. The fourth-order valence-corrected chi connectivity index (χ4v) is 3.75. The van der Waals surface area contributed by atoms with Gasteiger partial charge in [-0.25, -0.2) is 4.98 Å². The van der Waals surface area contributed by atoms with Gasteiger partial charge in [-0.05, 0) is 55.8 Å². The first kappa shape index (κ1) is 21.3. The van der Waals surface area contributed by atoms with Crippen molar-refractivity contribution < 1.29 is 4.74 Å². The average Bonchev–Trinajstić information content (AvgIpc) is 2.77. The molecule has 0 bridgehead atoms. The van der Waals surface area contributed by atoms with Crippen LogP contribution >= 0.6 is 0 Å². The summed E-state index contributed by atoms with van der Waals surface area (Å²) in [7, 11) is 3.64. The molecule has 3 rings (SSSR count). The normalized spacial score (nSPS) is 12.9. The second-order valence-corrected chi connectivity index (χ2v) is 7.84. The second-order valence-electron chi connectivity index (χ2n) is 7.84. The van der Waals surface area contributed by atoms with Crippen molar-refractivity contribution in [2.75, 3.05) is 20.7 Å². The average molecular weight is 399 g/mol. The Kier molecular flexibility index (Phi) is 6.35. The number of rotatable bonds is 7. The number of hydrogen-bond donors (Lipinski definition) is 0. The maximum Gasteiger partial charge on any atom is 0.216 e. The fourth-order valence-electron chi connectivity index (χ4n) is 3.75. The van der Waals surface area contributed by atoms with Crippen molar-refractivity contribution in [3.63, 3.8) is 0 Å². The van der Waals surface area contributed by atoms with E-state index in [1.165, 1.54) is 0 Å². The molecule has 0 spiro atoms. The summed E-state index contributed by atoms with van der Waals surface area (Å²) in [5, 5.41) is 20.0. The molecule has 0 radical (unpaired) electrons. The number of benzene rings is 2. The van der Waals surface area contributed by atoms with Crippen LogP contribution in [0.2, 0.25) is 0 Å². The summed E-state index contributed by atoms with van der Waals surface area (Å²) >= 11 is 0. The van der Waals surface area contributed by atoms with E-state index in [-0.39, 0.29) is 0 Å². The van der Waals surface area contributed by atoms with E-state index < -0.39 is 5.41 Å². The number of nitrogens with zero attached hydrogens (tertiary/aromatic N) is 4. The second kappa shape index (κ2) is 8.95. The summed E-state index contributed by atoms with van der Waals surface area (Å²) in [5.74, 6) is 0.638. The number of ether oxygens (including phenoxy) is 1. The fraction of sp³-hybridized carbons (Fsp3) is 0.320. The molecule has 30 heavy (non-hydrogen) atoms. The van der Waals surface area contributed by atoms with Gasteiger partial charge in [0.25, 0.3) is 0 Å². The zero-order valence-electron chi connectivity index (χ0n) is 17.9. The maximum absolute atomic E-state index is 10.0. The molecule has 0 N–H and O–H groups in total. The first-order valence-electron chi connectivity index (χ1n) is 9.99. The van der Waals surface area contributed by atoms with E-state index in [4.69, 9.17) is 10.00 Å². The summed E-state index contributed by atoms with van der Waals surface area (Å²) in [6, 6.07) is 20.3. The number of likely N-dealkylation sites (N-methyl/N-ethyl adjacent to an activating group) is 1. The molecule has 0 fully saturated rings. The summed E-state index contributed by atoms with van der Waals surface area (Å²) in [6.07, 6.45) is 0.851. The van der Waals surface area contributed by atoms with Gasteiger partial charge in [-0.15, -0.1) is 0 Å². The molecule has 0 aliphatic rings.